The highest BCUT2D eigenvalue weighted by Gasteiger charge is 2.10. The molecular weight excluding hydrogens is 368 g/mol. The normalized spacial score (nSPS) is 11.0. The lowest BCUT2D eigenvalue weighted by molar-refractivity contribution is -0.121. The fourth-order valence-electron chi connectivity index (χ4n) is 3.37. The molecule has 0 aliphatic heterocycles. The van der Waals surface area contributed by atoms with Crippen LogP contribution in [0.2, 0.25) is 0 Å². The Morgan fingerprint density at radius 3 is 2.69 bits per heavy atom. The molecule has 1 amide bonds. The van der Waals surface area contributed by atoms with Crippen LogP contribution in [0.15, 0.2) is 76.5 Å². The van der Waals surface area contributed by atoms with Gasteiger partial charge in [-0.2, -0.15) is 0 Å². The minimum absolute atomic E-state index is 0.0386. The second-order valence-electron chi connectivity index (χ2n) is 6.87. The largest absolute Gasteiger partial charge is 0.419 e. The Morgan fingerprint density at radius 1 is 1.07 bits per heavy atom. The Labute approximate surface area is 167 Å². The second kappa shape index (κ2) is 8.60. The van der Waals surface area contributed by atoms with E-state index in [-0.39, 0.29) is 11.7 Å². The summed E-state index contributed by atoms with van der Waals surface area (Å²) >= 11 is 0. The van der Waals surface area contributed by atoms with E-state index in [0.717, 1.165) is 16.6 Å². The molecule has 7 heteroatoms. The monoisotopic (exact) mass is 390 g/mol. The molecule has 0 bridgehead atoms. The lowest BCUT2D eigenvalue weighted by atomic mass is 10.1. The van der Waals surface area contributed by atoms with Gasteiger partial charge in [-0.1, -0.05) is 36.4 Å². The van der Waals surface area contributed by atoms with Crippen molar-refractivity contribution < 1.29 is 9.21 Å². The van der Waals surface area contributed by atoms with Gasteiger partial charge in [0.25, 0.3) is 0 Å². The van der Waals surface area contributed by atoms with Gasteiger partial charge in [0.05, 0.1) is 11.8 Å². The van der Waals surface area contributed by atoms with Crippen molar-refractivity contribution in [3.63, 3.8) is 0 Å². The Morgan fingerprint density at radius 2 is 1.86 bits per heavy atom. The summed E-state index contributed by atoms with van der Waals surface area (Å²) in [4.78, 5) is 28.3. The highest BCUT2D eigenvalue weighted by atomic mass is 16.4. The summed E-state index contributed by atoms with van der Waals surface area (Å²) in [5.41, 5.74) is 3.54. The van der Waals surface area contributed by atoms with E-state index in [1.165, 1.54) is 0 Å². The van der Waals surface area contributed by atoms with Crippen molar-refractivity contribution in [3.05, 3.63) is 88.9 Å². The smallest absolute Gasteiger partial charge is 0.408 e. The van der Waals surface area contributed by atoms with E-state index in [4.69, 9.17) is 4.42 Å². The van der Waals surface area contributed by atoms with Crippen molar-refractivity contribution in [1.29, 1.82) is 0 Å². The summed E-state index contributed by atoms with van der Waals surface area (Å²) in [7, 11) is 0. The molecule has 148 valence electrons. The molecule has 0 radical (unpaired) electrons. The lowest BCUT2D eigenvalue weighted by Gasteiger charge is -2.11. The molecule has 2 aromatic carbocycles. The summed E-state index contributed by atoms with van der Waals surface area (Å²) in [6.45, 7) is 1.63. The summed E-state index contributed by atoms with van der Waals surface area (Å²) in [6.07, 6.45) is 6.34. The predicted octanol–water partition coefficient (Wildman–Crippen LogP) is 2.94. The number of hydrogen-bond donors (Lipinski definition) is 1. The van der Waals surface area contributed by atoms with Crippen molar-refractivity contribution in [2.75, 3.05) is 0 Å². The molecule has 2 heterocycles. The van der Waals surface area contributed by atoms with Crippen LogP contribution in [0.25, 0.3) is 11.1 Å². The number of nitrogens with zero attached hydrogens (tertiary/aromatic N) is 3. The van der Waals surface area contributed by atoms with E-state index >= 15 is 0 Å². The highest BCUT2D eigenvalue weighted by molar-refractivity contribution is 5.76. The first-order chi connectivity index (χ1) is 14.2. The van der Waals surface area contributed by atoms with Gasteiger partial charge in [-0.25, -0.2) is 9.78 Å². The number of amides is 1. The maximum absolute atomic E-state index is 12.3. The predicted molar refractivity (Wildman–Crippen MR) is 109 cm³/mol. The van der Waals surface area contributed by atoms with Crippen molar-refractivity contribution >= 4 is 17.0 Å². The molecule has 0 unspecified atom stereocenters. The van der Waals surface area contributed by atoms with Gasteiger partial charge in [-0.15, -0.1) is 0 Å². The number of carbonyl (C=O) groups excluding carboxylic acids is 1. The van der Waals surface area contributed by atoms with Crippen LogP contribution < -0.4 is 11.1 Å². The minimum atomic E-state index is -0.389. The number of benzene rings is 2. The van der Waals surface area contributed by atoms with Crippen LogP contribution in [0, 0.1) is 0 Å². The fraction of sp³-hybridized carbons (Fsp3) is 0.227. The highest BCUT2D eigenvalue weighted by Crippen LogP contribution is 2.13. The molecule has 0 fully saturated rings. The van der Waals surface area contributed by atoms with Gasteiger partial charge in [0.2, 0.25) is 5.91 Å². The van der Waals surface area contributed by atoms with E-state index in [9.17, 15) is 9.59 Å². The molecule has 4 aromatic rings. The number of imidazole rings is 1. The van der Waals surface area contributed by atoms with Gasteiger partial charge in [0.15, 0.2) is 5.58 Å². The first kappa shape index (κ1) is 18.7. The quantitative estimate of drug-likeness (QED) is 0.501. The van der Waals surface area contributed by atoms with Crippen molar-refractivity contribution in [3.8, 4) is 0 Å². The number of aryl methyl sites for hydroxylation is 1. The van der Waals surface area contributed by atoms with E-state index in [2.05, 4.69) is 16.4 Å². The molecule has 29 heavy (non-hydrogen) atoms. The number of carbonyl (C=O) groups is 1. The number of para-hydroxylation sites is 2. The Kier molecular flexibility index (Phi) is 5.56. The molecule has 0 saturated carbocycles. The average molecular weight is 390 g/mol. The Bertz CT molecular complexity index is 1160. The molecule has 0 aliphatic carbocycles. The maximum atomic E-state index is 12.3. The Balaban J connectivity index is 1.31. The van der Waals surface area contributed by atoms with E-state index < -0.39 is 0 Å². The van der Waals surface area contributed by atoms with Gasteiger partial charge >= 0.3 is 5.76 Å². The lowest BCUT2D eigenvalue weighted by Crippen LogP contribution is -2.24. The van der Waals surface area contributed by atoms with Crippen molar-refractivity contribution in [1.82, 2.24) is 19.4 Å². The van der Waals surface area contributed by atoms with Gasteiger partial charge < -0.3 is 14.3 Å². The Hall–Kier alpha value is -3.61. The molecule has 0 spiro atoms. The van der Waals surface area contributed by atoms with Gasteiger partial charge in [0, 0.05) is 38.4 Å². The van der Waals surface area contributed by atoms with Crippen LogP contribution in [0.3, 0.4) is 0 Å². The third-order valence-corrected chi connectivity index (χ3v) is 4.87. The fourth-order valence-corrected chi connectivity index (χ4v) is 3.37. The van der Waals surface area contributed by atoms with Crippen LogP contribution >= 0.6 is 0 Å². The van der Waals surface area contributed by atoms with Crippen LogP contribution in [0.5, 0.6) is 0 Å². The molecule has 2 aromatic heterocycles. The summed E-state index contributed by atoms with van der Waals surface area (Å²) in [6, 6.07) is 15.3. The second-order valence-corrected chi connectivity index (χ2v) is 6.87. The minimum Gasteiger partial charge on any atom is -0.408 e. The van der Waals surface area contributed by atoms with Gasteiger partial charge in [-0.05, 0) is 29.7 Å². The molecule has 1 N–H and O–H groups in total. The third kappa shape index (κ3) is 4.45. The maximum Gasteiger partial charge on any atom is 0.419 e. The van der Waals surface area contributed by atoms with Crippen LogP contribution in [0.1, 0.15) is 24.0 Å². The van der Waals surface area contributed by atoms with Crippen LogP contribution in [0.4, 0.5) is 0 Å². The zero-order valence-electron chi connectivity index (χ0n) is 16.0. The number of fused-ring (bicyclic) bond motifs is 1. The third-order valence-electron chi connectivity index (χ3n) is 4.87. The topological polar surface area (TPSA) is 82.1 Å². The molecular formula is C22H22N4O3. The first-order valence-electron chi connectivity index (χ1n) is 9.58. The average Bonchev–Trinajstić information content (AvgIpc) is 3.35. The number of aromatic nitrogens is 3. The van der Waals surface area contributed by atoms with Gasteiger partial charge in [-0.3, -0.25) is 9.36 Å². The SMILES string of the molecule is O=C(CCCn1c(=O)oc2ccccc21)NCc1ccccc1Cn1ccnc1. The van der Waals surface area contributed by atoms with Crippen molar-refractivity contribution in [2.45, 2.75) is 32.5 Å². The molecule has 0 saturated heterocycles. The standard InChI is InChI=1S/C22H22N4O3/c27-21(10-5-12-26-19-8-3-4-9-20(19)29-22(26)28)24-14-17-6-1-2-7-18(17)15-25-13-11-23-16-25/h1-4,6-9,11,13,16H,5,10,12,14-15H2,(H,24,27). The molecule has 4 rings (SSSR count). The molecule has 0 atom stereocenters. The number of rotatable bonds is 8. The molecule has 0 aliphatic rings. The van der Waals surface area contributed by atoms with Crippen molar-refractivity contribution in [2.24, 2.45) is 0 Å². The zero-order valence-corrected chi connectivity index (χ0v) is 16.0. The number of nitrogens with one attached hydrogen (secondary N) is 1. The van der Waals surface area contributed by atoms with E-state index in [1.54, 1.807) is 23.2 Å². The van der Waals surface area contributed by atoms with Crippen LogP contribution in [-0.2, 0) is 24.4 Å². The number of hydrogen-bond acceptors (Lipinski definition) is 4. The summed E-state index contributed by atoms with van der Waals surface area (Å²) in [5, 5.41) is 2.98. The van der Waals surface area contributed by atoms with Crippen LogP contribution in [-0.4, -0.2) is 20.0 Å². The number of oxazole rings is 1. The van der Waals surface area contributed by atoms with E-state index in [1.807, 2.05) is 47.2 Å². The molecule has 7 nitrogen and oxygen atoms in total. The summed E-state index contributed by atoms with van der Waals surface area (Å²) < 4.78 is 8.78. The van der Waals surface area contributed by atoms with Gasteiger partial charge in [0.1, 0.15) is 0 Å². The summed E-state index contributed by atoms with van der Waals surface area (Å²) in [5.74, 6) is -0.427. The van der Waals surface area contributed by atoms with E-state index in [0.29, 0.717) is 38.1 Å². The first-order valence-corrected chi connectivity index (χ1v) is 9.58. The zero-order chi connectivity index (χ0) is 20.1.